The summed E-state index contributed by atoms with van der Waals surface area (Å²) in [6.45, 7) is -0.0230. The molecule has 0 saturated heterocycles. The van der Waals surface area contributed by atoms with Gasteiger partial charge in [0.2, 0.25) is 5.91 Å². The Hall–Kier alpha value is -3.55. The van der Waals surface area contributed by atoms with Crippen molar-refractivity contribution in [3.8, 4) is 0 Å². The number of allylic oxidation sites excluding steroid dienone is 3. The van der Waals surface area contributed by atoms with E-state index in [0.717, 1.165) is 18.6 Å². The summed E-state index contributed by atoms with van der Waals surface area (Å²) in [6.07, 6.45) is 4.72. The van der Waals surface area contributed by atoms with Crippen molar-refractivity contribution in [1.29, 1.82) is 0 Å². The number of alkyl halides is 3. The molecular weight excluding hydrogens is 395 g/mol. The topological polar surface area (TPSA) is 77.1 Å². The van der Waals surface area contributed by atoms with Gasteiger partial charge in [0.05, 0.1) is 17.8 Å². The van der Waals surface area contributed by atoms with E-state index in [1.807, 2.05) is 6.08 Å². The summed E-state index contributed by atoms with van der Waals surface area (Å²) in [5, 5.41) is 2.66. The zero-order chi connectivity index (χ0) is 21.7. The smallest absolute Gasteiger partial charge is 0.400 e. The van der Waals surface area contributed by atoms with E-state index in [0.29, 0.717) is 23.4 Å². The largest absolute Gasteiger partial charge is 0.416 e. The van der Waals surface area contributed by atoms with Gasteiger partial charge in [0.25, 0.3) is 5.56 Å². The van der Waals surface area contributed by atoms with Crippen molar-refractivity contribution >= 4 is 12.0 Å². The molecule has 156 valence electrons. The minimum atomic E-state index is -4.45. The second-order valence-corrected chi connectivity index (χ2v) is 6.80. The Labute approximate surface area is 171 Å². The molecule has 0 bridgehead atoms. The highest BCUT2D eigenvalue weighted by molar-refractivity contribution is 5.93. The third kappa shape index (κ3) is 5.28. The van der Waals surface area contributed by atoms with Crippen LogP contribution in [-0.2, 0) is 17.5 Å². The van der Waals surface area contributed by atoms with Gasteiger partial charge in [0, 0.05) is 23.5 Å². The number of nitrogens with two attached hydrogens (primary N) is 1. The molecule has 30 heavy (non-hydrogen) atoms. The molecule has 0 unspecified atom stereocenters. The minimum Gasteiger partial charge on any atom is -0.400 e. The molecule has 0 spiro atoms. The Morgan fingerprint density at radius 1 is 1.23 bits per heavy atom. The number of rotatable bonds is 5. The van der Waals surface area contributed by atoms with Crippen molar-refractivity contribution in [3.05, 3.63) is 99.3 Å². The molecule has 8 heteroatoms. The summed E-state index contributed by atoms with van der Waals surface area (Å²) in [4.78, 5) is 24.7. The predicted octanol–water partition coefficient (Wildman–Crippen LogP) is 3.57. The van der Waals surface area contributed by atoms with Crippen molar-refractivity contribution in [3.63, 3.8) is 0 Å². The maximum atomic E-state index is 12.9. The molecule has 0 saturated carbocycles. The van der Waals surface area contributed by atoms with E-state index in [9.17, 15) is 22.8 Å². The number of halogens is 3. The van der Waals surface area contributed by atoms with Gasteiger partial charge in [-0.3, -0.25) is 9.59 Å². The van der Waals surface area contributed by atoms with Crippen LogP contribution in [0.3, 0.4) is 0 Å². The highest BCUT2D eigenvalue weighted by Gasteiger charge is 2.30. The molecule has 1 aliphatic rings. The van der Waals surface area contributed by atoms with Crippen LogP contribution in [0.1, 0.15) is 29.5 Å². The van der Waals surface area contributed by atoms with Crippen LogP contribution in [0.2, 0.25) is 0 Å². The number of hydrogen-bond donors (Lipinski definition) is 2. The Morgan fingerprint density at radius 3 is 2.77 bits per heavy atom. The third-order valence-electron chi connectivity index (χ3n) is 4.54. The average molecular weight is 415 g/mol. The minimum absolute atomic E-state index is 0.0230. The highest BCUT2D eigenvalue weighted by Crippen LogP contribution is 2.29. The molecule has 1 amide bonds. The lowest BCUT2D eigenvalue weighted by molar-refractivity contribution is -0.137. The quantitative estimate of drug-likeness (QED) is 0.733. The lowest BCUT2D eigenvalue weighted by Crippen LogP contribution is -2.24. The fourth-order valence-electron chi connectivity index (χ4n) is 2.99. The van der Waals surface area contributed by atoms with Gasteiger partial charge >= 0.3 is 6.18 Å². The van der Waals surface area contributed by atoms with Crippen molar-refractivity contribution in [2.24, 2.45) is 5.73 Å². The molecule has 0 fully saturated rings. The number of carbonyl (C=O) groups excluding carboxylic acids is 1. The Morgan fingerprint density at radius 2 is 2.03 bits per heavy atom. The summed E-state index contributed by atoms with van der Waals surface area (Å²) < 4.78 is 40.0. The van der Waals surface area contributed by atoms with Crippen LogP contribution in [-0.4, -0.2) is 10.5 Å². The van der Waals surface area contributed by atoms with Crippen molar-refractivity contribution < 1.29 is 18.0 Å². The molecule has 3 rings (SSSR count). The molecule has 0 radical (unpaired) electrons. The van der Waals surface area contributed by atoms with Crippen LogP contribution in [0.4, 0.5) is 13.2 Å². The number of hydrogen-bond acceptors (Lipinski definition) is 3. The zero-order valence-electron chi connectivity index (χ0n) is 15.9. The Kier molecular flexibility index (Phi) is 6.25. The Bertz CT molecular complexity index is 1100. The normalized spacial score (nSPS) is 14.4. The zero-order valence-corrected chi connectivity index (χ0v) is 15.9. The molecule has 0 atom stereocenters. The lowest BCUT2D eigenvalue weighted by Gasteiger charge is -2.12. The lowest BCUT2D eigenvalue weighted by atomic mass is 10.1. The monoisotopic (exact) mass is 415 g/mol. The first-order chi connectivity index (χ1) is 14.2. The summed E-state index contributed by atoms with van der Waals surface area (Å²) in [6, 6.07) is 7.94. The summed E-state index contributed by atoms with van der Waals surface area (Å²) >= 11 is 0. The summed E-state index contributed by atoms with van der Waals surface area (Å²) in [7, 11) is 0. The molecule has 1 aromatic heterocycles. The van der Waals surface area contributed by atoms with Gasteiger partial charge in [-0.2, -0.15) is 13.2 Å². The number of aromatic nitrogens is 1. The van der Waals surface area contributed by atoms with E-state index in [-0.39, 0.29) is 12.1 Å². The molecule has 0 aliphatic heterocycles. The van der Waals surface area contributed by atoms with Gasteiger partial charge in [0.15, 0.2) is 0 Å². The predicted molar refractivity (Wildman–Crippen MR) is 108 cm³/mol. The number of carbonyl (C=O) groups is 1. The highest BCUT2D eigenvalue weighted by atomic mass is 19.4. The van der Waals surface area contributed by atoms with E-state index < -0.39 is 23.2 Å². The number of amides is 1. The van der Waals surface area contributed by atoms with E-state index in [2.05, 4.69) is 5.32 Å². The second kappa shape index (κ2) is 8.86. The molecule has 1 aliphatic carbocycles. The van der Waals surface area contributed by atoms with Crippen LogP contribution >= 0.6 is 0 Å². The molecule has 3 N–H and O–H groups in total. The SMILES string of the molecule is NC1=C(NC(=O)/C=C/c2cccn(Cc3cccc(C(F)(F)F)c3)c2=O)C=CCC1. The third-order valence-corrected chi connectivity index (χ3v) is 4.54. The van der Waals surface area contributed by atoms with Gasteiger partial charge in [-0.25, -0.2) is 0 Å². The number of benzene rings is 1. The van der Waals surface area contributed by atoms with Gasteiger partial charge in [-0.05, 0) is 54.8 Å². The van der Waals surface area contributed by atoms with Crippen molar-refractivity contribution in [2.45, 2.75) is 25.6 Å². The van der Waals surface area contributed by atoms with Gasteiger partial charge < -0.3 is 15.6 Å². The fourth-order valence-corrected chi connectivity index (χ4v) is 2.99. The summed E-state index contributed by atoms with van der Waals surface area (Å²) in [5.74, 6) is -0.438. The average Bonchev–Trinajstić information content (AvgIpc) is 2.70. The molecule has 1 aromatic carbocycles. The Balaban J connectivity index is 1.75. The van der Waals surface area contributed by atoms with E-state index in [1.165, 1.54) is 41.1 Å². The van der Waals surface area contributed by atoms with E-state index >= 15 is 0 Å². The second-order valence-electron chi connectivity index (χ2n) is 6.80. The first kappa shape index (κ1) is 21.2. The van der Waals surface area contributed by atoms with Gasteiger partial charge in [-0.1, -0.05) is 18.2 Å². The van der Waals surface area contributed by atoms with E-state index in [4.69, 9.17) is 5.73 Å². The maximum absolute atomic E-state index is 12.9. The maximum Gasteiger partial charge on any atom is 0.416 e. The number of nitrogens with zero attached hydrogens (tertiary/aromatic N) is 1. The van der Waals surface area contributed by atoms with Gasteiger partial charge in [0.1, 0.15) is 0 Å². The first-order valence-electron chi connectivity index (χ1n) is 9.24. The molecule has 1 heterocycles. The first-order valence-corrected chi connectivity index (χ1v) is 9.24. The van der Waals surface area contributed by atoms with Crippen LogP contribution in [0.5, 0.6) is 0 Å². The van der Waals surface area contributed by atoms with Crippen molar-refractivity contribution in [2.75, 3.05) is 0 Å². The standard InChI is InChI=1S/C22H20F3N3O2/c23-22(24,25)17-7-3-5-15(13-17)14-28-12-4-6-16(21(28)30)10-11-20(29)27-19-9-2-1-8-18(19)26/h2-7,9-13H,1,8,14,26H2,(H,27,29)/b11-10+. The molecule has 5 nitrogen and oxygen atoms in total. The van der Waals surface area contributed by atoms with Crippen LogP contribution < -0.4 is 16.6 Å². The van der Waals surface area contributed by atoms with E-state index in [1.54, 1.807) is 12.1 Å². The number of nitrogens with one attached hydrogen (secondary N) is 1. The summed E-state index contributed by atoms with van der Waals surface area (Å²) in [5.41, 5.74) is 6.36. The van der Waals surface area contributed by atoms with Crippen LogP contribution in [0.25, 0.3) is 6.08 Å². The van der Waals surface area contributed by atoms with Crippen molar-refractivity contribution in [1.82, 2.24) is 9.88 Å². The van der Waals surface area contributed by atoms with Crippen LogP contribution in [0, 0.1) is 0 Å². The fraction of sp³-hybridized carbons (Fsp3) is 0.182. The molecule has 2 aromatic rings. The molecular formula is C22H20F3N3O2. The van der Waals surface area contributed by atoms with Gasteiger partial charge in [-0.15, -0.1) is 0 Å². The van der Waals surface area contributed by atoms with Crippen LogP contribution in [0.15, 0.2) is 77.0 Å². The number of pyridine rings is 1.